The fourth-order valence-corrected chi connectivity index (χ4v) is 9.08. The van der Waals surface area contributed by atoms with Crippen LogP contribution < -0.4 is 4.90 Å². The third-order valence-electron chi connectivity index (χ3n) is 10.1. The number of nitrogens with zero attached hydrogens (tertiary/aromatic N) is 1. The Morgan fingerprint density at radius 3 is 1.33 bits per heavy atom. The Labute approximate surface area is 284 Å². The van der Waals surface area contributed by atoms with Crippen molar-refractivity contribution < 1.29 is 0 Å². The van der Waals surface area contributed by atoms with Crippen LogP contribution in [0.1, 0.15) is 38.3 Å². The molecule has 224 valence electrons. The molecule has 0 atom stereocenters. The predicted octanol–water partition coefficient (Wildman–Crippen LogP) is 12.9. The average molecular weight is 628 g/mol. The van der Waals surface area contributed by atoms with Gasteiger partial charge in [0.05, 0.1) is 0 Å². The van der Waals surface area contributed by atoms with Gasteiger partial charge in [-0.15, -0.1) is 11.3 Å². The molecule has 2 heteroatoms. The monoisotopic (exact) mass is 627 g/mol. The van der Waals surface area contributed by atoms with E-state index < -0.39 is 0 Å². The Bertz CT molecular complexity index is 2460. The molecule has 0 bridgehead atoms. The van der Waals surface area contributed by atoms with Gasteiger partial charge in [-0.3, -0.25) is 0 Å². The van der Waals surface area contributed by atoms with Crippen molar-refractivity contribution in [3.05, 3.63) is 197 Å². The Kier molecular flexibility index (Phi) is 5.82. The number of hydrogen-bond acceptors (Lipinski definition) is 2. The summed E-state index contributed by atoms with van der Waals surface area (Å²) in [5.41, 5.74) is 20.9. The van der Waals surface area contributed by atoms with E-state index in [2.05, 4.69) is 157 Å². The fraction of sp³-hybridized carbons (Fsp3) is 0. The number of anilines is 3. The van der Waals surface area contributed by atoms with E-state index in [1.54, 1.807) is 0 Å². The minimum atomic E-state index is 1.10. The predicted molar refractivity (Wildman–Crippen MR) is 205 cm³/mol. The second-order valence-electron chi connectivity index (χ2n) is 12.6. The van der Waals surface area contributed by atoms with Crippen LogP contribution >= 0.6 is 11.3 Å². The minimum absolute atomic E-state index is 1.10. The van der Waals surface area contributed by atoms with Gasteiger partial charge < -0.3 is 4.90 Å². The zero-order chi connectivity index (χ0) is 31.9. The molecule has 1 aromatic heterocycles. The average Bonchev–Trinajstić information content (AvgIpc) is 3.88. The molecule has 3 aliphatic carbocycles. The summed E-state index contributed by atoms with van der Waals surface area (Å²) in [7, 11) is 0. The number of fused-ring (bicyclic) bond motifs is 12. The summed E-state index contributed by atoms with van der Waals surface area (Å²) in [6, 6.07) is 52.2. The normalized spacial score (nSPS) is 14.0. The molecule has 48 heavy (non-hydrogen) atoms. The first-order valence-electron chi connectivity index (χ1n) is 16.3. The van der Waals surface area contributed by atoms with Crippen molar-refractivity contribution in [2.24, 2.45) is 0 Å². The first-order chi connectivity index (χ1) is 23.7. The third kappa shape index (κ3) is 3.72. The molecule has 0 amide bonds. The lowest BCUT2D eigenvalue weighted by molar-refractivity contribution is 1.32. The Hall–Kier alpha value is -5.96. The molecular weight excluding hydrogens is 599 g/mol. The summed E-state index contributed by atoms with van der Waals surface area (Å²) in [6.07, 6.45) is 2.41. The van der Waals surface area contributed by atoms with Gasteiger partial charge >= 0.3 is 0 Å². The largest absolute Gasteiger partial charge is 0.302 e. The highest BCUT2D eigenvalue weighted by atomic mass is 32.1. The molecular formula is C46H29NS. The molecule has 3 aliphatic rings. The van der Waals surface area contributed by atoms with Crippen LogP contribution in [-0.4, -0.2) is 0 Å². The smallest absolute Gasteiger partial charge is 0.100 e. The molecule has 1 heterocycles. The number of para-hydroxylation sites is 2. The number of hydrogen-bond donors (Lipinski definition) is 0. The summed E-state index contributed by atoms with van der Waals surface area (Å²) >= 11 is 1.82. The van der Waals surface area contributed by atoms with E-state index in [1.165, 1.54) is 82.2 Å². The molecule has 0 fully saturated rings. The maximum atomic E-state index is 4.72. The topological polar surface area (TPSA) is 3.24 Å². The van der Waals surface area contributed by atoms with Gasteiger partial charge in [-0.2, -0.15) is 0 Å². The molecule has 0 saturated heterocycles. The molecule has 0 spiro atoms. The van der Waals surface area contributed by atoms with Gasteiger partial charge in [0.2, 0.25) is 0 Å². The molecule has 0 saturated carbocycles. The van der Waals surface area contributed by atoms with Gasteiger partial charge in [0.1, 0.15) is 5.00 Å². The van der Waals surface area contributed by atoms with E-state index in [1.807, 2.05) is 11.3 Å². The zero-order valence-electron chi connectivity index (χ0n) is 26.2. The number of benzene rings is 6. The lowest BCUT2D eigenvalue weighted by atomic mass is 9.84. The van der Waals surface area contributed by atoms with E-state index in [-0.39, 0.29) is 0 Å². The summed E-state index contributed by atoms with van der Waals surface area (Å²) < 4.78 is 0. The van der Waals surface area contributed by atoms with Crippen molar-refractivity contribution in [2.75, 3.05) is 4.90 Å². The summed E-state index contributed by atoms with van der Waals surface area (Å²) in [6.45, 7) is 9.45. The Morgan fingerprint density at radius 1 is 0.396 bits per heavy atom. The van der Waals surface area contributed by atoms with Crippen LogP contribution in [0.15, 0.2) is 159 Å². The summed E-state index contributed by atoms with van der Waals surface area (Å²) in [5, 5.41) is 1.17. The number of rotatable bonds is 4. The molecule has 0 N–H and O–H groups in total. The second kappa shape index (κ2) is 10.3. The van der Waals surface area contributed by atoms with Gasteiger partial charge in [0.25, 0.3) is 0 Å². The van der Waals surface area contributed by atoms with Gasteiger partial charge in [-0.1, -0.05) is 122 Å². The van der Waals surface area contributed by atoms with E-state index in [9.17, 15) is 0 Å². The van der Waals surface area contributed by atoms with Crippen LogP contribution in [0.2, 0.25) is 0 Å². The van der Waals surface area contributed by atoms with E-state index >= 15 is 0 Å². The number of thiophene rings is 1. The van der Waals surface area contributed by atoms with Crippen molar-refractivity contribution in [3.63, 3.8) is 0 Å². The molecule has 0 unspecified atom stereocenters. The van der Waals surface area contributed by atoms with Gasteiger partial charge in [-0.05, 0) is 126 Å². The second-order valence-corrected chi connectivity index (χ2v) is 13.7. The van der Waals surface area contributed by atoms with Gasteiger partial charge in [0, 0.05) is 16.3 Å². The molecule has 6 aromatic carbocycles. The lowest BCUT2D eigenvalue weighted by Crippen LogP contribution is -2.07. The highest BCUT2D eigenvalue weighted by molar-refractivity contribution is 7.17. The van der Waals surface area contributed by atoms with Gasteiger partial charge in [-0.25, -0.2) is 0 Å². The summed E-state index contributed by atoms with van der Waals surface area (Å²) in [4.78, 5) is 3.55. The van der Waals surface area contributed by atoms with Crippen molar-refractivity contribution in [1.29, 1.82) is 0 Å². The molecule has 0 aliphatic heterocycles. The molecule has 1 nitrogen and oxygen atoms in total. The van der Waals surface area contributed by atoms with Crippen LogP contribution in [0.3, 0.4) is 0 Å². The highest BCUT2D eigenvalue weighted by Gasteiger charge is 2.41. The Balaban J connectivity index is 1.24. The summed E-state index contributed by atoms with van der Waals surface area (Å²) in [5.74, 6) is 0. The molecule has 10 rings (SSSR count). The highest BCUT2D eigenvalue weighted by Crippen LogP contribution is 2.63. The molecule has 7 aromatic rings. The van der Waals surface area contributed by atoms with Crippen LogP contribution in [0.25, 0.3) is 56.2 Å². The Morgan fingerprint density at radius 2 is 0.812 bits per heavy atom. The third-order valence-corrected chi connectivity index (χ3v) is 11.1. The van der Waals surface area contributed by atoms with Crippen LogP contribution in [0, 0.1) is 0 Å². The first kappa shape index (κ1) is 27.2. The van der Waals surface area contributed by atoms with Crippen molar-refractivity contribution in [1.82, 2.24) is 0 Å². The maximum Gasteiger partial charge on any atom is 0.100 e. The van der Waals surface area contributed by atoms with Crippen molar-refractivity contribution in [2.45, 2.75) is 0 Å². The SMILES string of the molecule is C=C1c2ccccc2-c2c1c1c(c3c2/C(=C\c2ccc(N(c4ccccc4)c4ccccc4)s2)c2ccccc2-3)C(=C)c2ccccc2-1. The first-order valence-corrected chi connectivity index (χ1v) is 17.1. The van der Waals surface area contributed by atoms with Crippen molar-refractivity contribution >= 4 is 50.5 Å². The lowest BCUT2D eigenvalue weighted by Gasteiger charge is -2.23. The van der Waals surface area contributed by atoms with Crippen LogP contribution in [-0.2, 0) is 0 Å². The quantitative estimate of drug-likeness (QED) is 0.188. The standard InChI is InChI=1S/C46H29NS/c1-28-33-19-9-12-22-36(33)43-41-29(2)34-20-10-13-23-37(34)44(41)46-39(35-21-11-14-24-38(35)45(46)42(28)43)27-32-25-26-40(48-32)47(30-15-5-3-6-16-30)31-17-7-4-8-18-31/h3-27H,1-2H2/b39-27-. The van der Waals surface area contributed by atoms with Crippen LogP contribution in [0.4, 0.5) is 16.4 Å². The molecule has 0 radical (unpaired) electrons. The van der Waals surface area contributed by atoms with Gasteiger partial charge in [0.15, 0.2) is 0 Å². The maximum absolute atomic E-state index is 4.72. The zero-order valence-corrected chi connectivity index (χ0v) is 27.0. The fourth-order valence-electron chi connectivity index (χ4n) is 8.09. The van der Waals surface area contributed by atoms with Crippen molar-refractivity contribution in [3.8, 4) is 33.4 Å². The minimum Gasteiger partial charge on any atom is -0.302 e. The van der Waals surface area contributed by atoms with E-state index in [4.69, 9.17) is 13.2 Å². The van der Waals surface area contributed by atoms with Crippen LogP contribution in [0.5, 0.6) is 0 Å². The van der Waals surface area contributed by atoms with E-state index in [0.717, 1.165) is 22.5 Å². The van der Waals surface area contributed by atoms with E-state index in [0.29, 0.717) is 0 Å².